The van der Waals surface area contributed by atoms with Crippen LogP contribution in [0.2, 0.25) is 0 Å². The number of nitrogens with zero attached hydrogens (tertiary/aromatic N) is 4. The van der Waals surface area contributed by atoms with Crippen molar-refractivity contribution in [1.82, 2.24) is 24.7 Å². The number of thiophene rings is 1. The van der Waals surface area contributed by atoms with Gasteiger partial charge in [-0.1, -0.05) is 17.3 Å². The summed E-state index contributed by atoms with van der Waals surface area (Å²) in [7, 11) is -3.81. The van der Waals surface area contributed by atoms with Crippen LogP contribution in [0.5, 0.6) is 11.5 Å². The lowest BCUT2D eigenvalue weighted by Crippen LogP contribution is -2.23. The summed E-state index contributed by atoms with van der Waals surface area (Å²) in [5.41, 5.74) is 1.69. The quantitative estimate of drug-likeness (QED) is 0.345. The highest BCUT2D eigenvalue weighted by atomic mass is 32.2. The zero-order chi connectivity index (χ0) is 24.4. The number of carboxylic acid groups (broad SMARTS) is 1. The molecule has 4 aromatic rings. The molecule has 180 valence electrons. The van der Waals surface area contributed by atoms with Gasteiger partial charge in [-0.05, 0) is 42.0 Å². The number of benzene rings is 1. The SMILES string of the molecule is O=C(O)C(Cc1ccc2c(c1)OCO2)n1cc(CNS(=O)(=O)c2ccc(-c3ccccn3)s2)nn1. The summed E-state index contributed by atoms with van der Waals surface area (Å²) in [5, 5.41) is 17.6. The van der Waals surface area contributed by atoms with Gasteiger partial charge in [0.1, 0.15) is 4.21 Å². The molecule has 4 heterocycles. The lowest BCUT2D eigenvalue weighted by Gasteiger charge is -2.12. The number of nitrogens with one attached hydrogen (secondary N) is 1. The van der Waals surface area contributed by atoms with Crippen LogP contribution < -0.4 is 14.2 Å². The summed E-state index contributed by atoms with van der Waals surface area (Å²) in [6.07, 6.45) is 3.19. The number of hydrogen-bond donors (Lipinski definition) is 2. The molecular weight excluding hydrogens is 494 g/mol. The van der Waals surface area contributed by atoms with Gasteiger partial charge < -0.3 is 14.6 Å². The van der Waals surface area contributed by atoms with Crippen molar-refractivity contribution >= 4 is 27.3 Å². The largest absolute Gasteiger partial charge is 0.480 e. The average Bonchev–Trinajstić information content (AvgIpc) is 3.62. The van der Waals surface area contributed by atoms with E-state index in [-0.39, 0.29) is 29.7 Å². The maximum Gasteiger partial charge on any atom is 0.328 e. The number of aromatic nitrogens is 4. The fraction of sp³-hybridized carbons (Fsp3) is 0.182. The van der Waals surface area contributed by atoms with Crippen LogP contribution in [0.25, 0.3) is 10.6 Å². The standard InChI is InChI=1S/C22H19N5O6S2/c28-22(29)17(9-14-4-5-18-19(10-14)33-13-32-18)27-12-15(25-26-27)11-24-35(30,31)21-7-6-20(34-21)16-3-1-2-8-23-16/h1-8,10,12,17,24H,9,11,13H2,(H,28,29). The summed E-state index contributed by atoms with van der Waals surface area (Å²) >= 11 is 1.10. The Balaban J connectivity index is 1.26. The van der Waals surface area contributed by atoms with Gasteiger partial charge in [-0.25, -0.2) is 22.6 Å². The first kappa shape index (κ1) is 23.0. The molecule has 1 atom stereocenters. The minimum atomic E-state index is -3.81. The fourth-order valence-electron chi connectivity index (χ4n) is 3.48. The number of rotatable bonds is 9. The van der Waals surface area contributed by atoms with E-state index in [0.29, 0.717) is 17.2 Å². The van der Waals surface area contributed by atoms with Crippen LogP contribution in [-0.4, -0.2) is 46.3 Å². The monoisotopic (exact) mass is 513 g/mol. The predicted octanol–water partition coefficient (Wildman–Crippen LogP) is 2.48. The molecule has 35 heavy (non-hydrogen) atoms. The Morgan fingerprint density at radius 3 is 2.83 bits per heavy atom. The first-order valence-corrected chi connectivity index (χ1v) is 12.7. The van der Waals surface area contributed by atoms with Crippen molar-refractivity contribution in [2.75, 3.05) is 6.79 Å². The molecule has 0 aliphatic carbocycles. The van der Waals surface area contributed by atoms with Crippen LogP contribution in [0.4, 0.5) is 0 Å². The fourth-order valence-corrected chi connectivity index (χ4v) is 5.81. The van der Waals surface area contributed by atoms with Crippen molar-refractivity contribution in [3.8, 4) is 22.1 Å². The van der Waals surface area contributed by atoms with E-state index in [1.54, 1.807) is 42.6 Å². The number of ether oxygens (including phenoxy) is 2. The molecule has 1 unspecified atom stereocenters. The lowest BCUT2D eigenvalue weighted by atomic mass is 10.1. The van der Waals surface area contributed by atoms with E-state index in [9.17, 15) is 18.3 Å². The van der Waals surface area contributed by atoms with E-state index >= 15 is 0 Å². The summed E-state index contributed by atoms with van der Waals surface area (Å²) < 4.78 is 39.9. The molecule has 13 heteroatoms. The molecule has 1 aromatic carbocycles. The lowest BCUT2D eigenvalue weighted by molar-refractivity contribution is -0.141. The van der Waals surface area contributed by atoms with Crippen LogP contribution in [-0.2, 0) is 27.8 Å². The topological polar surface area (TPSA) is 146 Å². The number of aliphatic carboxylic acids is 1. The second-order valence-electron chi connectivity index (χ2n) is 7.59. The van der Waals surface area contributed by atoms with Gasteiger partial charge >= 0.3 is 5.97 Å². The van der Waals surface area contributed by atoms with E-state index < -0.39 is 22.0 Å². The number of fused-ring (bicyclic) bond motifs is 1. The molecule has 0 spiro atoms. The molecule has 11 nitrogen and oxygen atoms in total. The minimum absolute atomic E-state index is 0.124. The van der Waals surface area contributed by atoms with Crippen LogP contribution in [0, 0.1) is 0 Å². The Labute approximate surface area is 204 Å². The van der Waals surface area contributed by atoms with Crippen LogP contribution in [0.3, 0.4) is 0 Å². The first-order chi connectivity index (χ1) is 16.9. The van der Waals surface area contributed by atoms with Crippen molar-refractivity contribution in [3.05, 3.63) is 72.2 Å². The van der Waals surface area contributed by atoms with E-state index in [0.717, 1.165) is 21.8 Å². The van der Waals surface area contributed by atoms with Crippen LogP contribution >= 0.6 is 11.3 Å². The Hall–Kier alpha value is -3.81. The van der Waals surface area contributed by atoms with Crippen molar-refractivity contribution in [3.63, 3.8) is 0 Å². The Morgan fingerprint density at radius 2 is 2.03 bits per heavy atom. The third-order valence-electron chi connectivity index (χ3n) is 5.24. The maximum absolute atomic E-state index is 12.7. The summed E-state index contributed by atoms with van der Waals surface area (Å²) in [4.78, 5) is 16.9. The molecule has 0 saturated heterocycles. The number of sulfonamides is 1. The number of carbonyl (C=O) groups is 1. The normalized spacial score (nSPS) is 13.6. The predicted molar refractivity (Wildman–Crippen MR) is 125 cm³/mol. The second kappa shape index (κ2) is 9.44. The summed E-state index contributed by atoms with van der Waals surface area (Å²) in [6, 6.07) is 12.8. The molecule has 0 fully saturated rings. The van der Waals surface area contributed by atoms with Crippen molar-refractivity contribution < 1.29 is 27.8 Å². The zero-order valence-electron chi connectivity index (χ0n) is 18.1. The Kier molecular flexibility index (Phi) is 6.19. The molecule has 0 radical (unpaired) electrons. The third-order valence-corrected chi connectivity index (χ3v) is 8.24. The van der Waals surface area contributed by atoms with Crippen LogP contribution in [0.1, 0.15) is 17.3 Å². The number of pyridine rings is 1. The average molecular weight is 514 g/mol. The molecule has 2 N–H and O–H groups in total. The van der Waals surface area contributed by atoms with E-state index in [1.807, 2.05) is 6.07 Å². The first-order valence-electron chi connectivity index (χ1n) is 10.4. The highest BCUT2D eigenvalue weighted by molar-refractivity contribution is 7.91. The molecule has 0 saturated carbocycles. The molecule has 1 aliphatic heterocycles. The van der Waals surface area contributed by atoms with E-state index in [4.69, 9.17) is 9.47 Å². The highest BCUT2D eigenvalue weighted by Gasteiger charge is 2.24. The molecule has 5 rings (SSSR count). The van der Waals surface area contributed by atoms with E-state index in [1.165, 1.54) is 16.9 Å². The Morgan fingerprint density at radius 1 is 1.17 bits per heavy atom. The highest BCUT2D eigenvalue weighted by Crippen LogP contribution is 2.33. The summed E-state index contributed by atoms with van der Waals surface area (Å²) in [6.45, 7) is -0.0189. The second-order valence-corrected chi connectivity index (χ2v) is 10.7. The van der Waals surface area contributed by atoms with Gasteiger partial charge in [0.05, 0.1) is 29.0 Å². The van der Waals surface area contributed by atoms with Gasteiger partial charge in [-0.2, -0.15) is 0 Å². The van der Waals surface area contributed by atoms with Crippen molar-refractivity contribution in [2.24, 2.45) is 0 Å². The molecule has 0 bridgehead atoms. The number of hydrogen-bond acceptors (Lipinski definition) is 9. The van der Waals surface area contributed by atoms with Gasteiger partial charge in [-0.3, -0.25) is 4.98 Å². The maximum atomic E-state index is 12.7. The number of carboxylic acids is 1. The van der Waals surface area contributed by atoms with Gasteiger partial charge in [0, 0.05) is 12.6 Å². The van der Waals surface area contributed by atoms with Crippen molar-refractivity contribution in [1.29, 1.82) is 0 Å². The van der Waals surface area contributed by atoms with Crippen LogP contribution in [0.15, 0.2) is 65.1 Å². The van der Waals surface area contributed by atoms with Gasteiger partial charge in [-0.15, -0.1) is 16.4 Å². The molecule has 0 amide bonds. The van der Waals surface area contributed by atoms with Crippen molar-refractivity contribution in [2.45, 2.75) is 23.2 Å². The van der Waals surface area contributed by atoms with Gasteiger partial charge in [0.15, 0.2) is 17.5 Å². The molecule has 3 aromatic heterocycles. The summed E-state index contributed by atoms with van der Waals surface area (Å²) in [5.74, 6) is 0.0642. The molecule has 1 aliphatic rings. The smallest absolute Gasteiger partial charge is 0.328 e. The van der Waals surface area contributed by atoms with Gasteiger partial charge in [0.2, 0.25) is 16.8 Å². The molecular formula is C22H19N5O6S2. The van der Waals surface area contributed by atoms with E-state index in [2.05, 4.69) is 20.0 Å². The third kappa shape index (κ3) is 5.01. The minimum Gasteiger partial charge on any atom is -0.480 e. The van der Waals surface area contributed by atoms with Gasteiger partial charge in [0.25, 0.3) is 0 Å². The zero-order valence-corrected chi connectivity index (χ0v) is 19.7. The Bertz CT molecular complexity index is 1470.